The smallest absolute Gasteiger partial charge is 0.358 e. The van der Waals surface area contributed by atoms with Crippen LogP contribution in [-0.2, 0) is 16.6 Å². The van der Waals surface area contributed by atoms with Crippen LogP contribution in [0.5, 0.6) is 0 Å². The van der Waals surface area contributed by atoms with Gasteiger partial charge in [0.05, 0.1) is 6.42 Å². The molecular formula is C29H26F4N6O3. The van der Waals surface area contributed by atoms with Gasteiger partial charge in [-0.25, -0.2) is 14.4 Å². The van der Waals surface area contributed by atoms with E-state index in [9.17, 15) is 27.2 Å². The highest BCUT2D eigenvalue weighted by molar-refractivity contribution is 5.94. The molecule has 0 radical (unpaired) electrons. The average molecular weight is 583 g/mol. The third-order valence-corrected chi connectivity index (χ3v) is 7.06. The quantitative estimate of drug-likeness (QED) is 0.253. The molecule has 0 unspecified atom stereocenters. The van der Waals surface area contributed by atoms with Crippen LogP contribution in [0.25, 0.3) is 11.1 Å². The van der Waals surface area contributed by atoms with Crippen LogP contribution in [0.4, 0.5) is 35.0 Å². The van der Waals surface area contributed by atoms with Crippen LogP contribution in [0.1, 0.15) is 40.1 Å². The third kappa shape index (κ3) is 5.80. The molecule has 4 aromatic rings. The average Bonchev–Trinajstić information content (AvgIpc) is 3.64. The van der Waals surface area contributed by atoms with Gasteiger partial charge in [0.1, 0.15) is 11.2 Å². The molecule has 218 valence electrons. The van der Waals surface area contributed by atoms with Gasteiger partial charge >= 0.3 is 6.18 Å². The molecule has 5 rings (SSSR count). The highest BCUT2D eigenvalue weighted by Gasteiger charge is 2.66. The van der Waals surface area contributed by atoms with Crippen LogP contribution in [0.3, 0.4) is 0 Å². The number of amides is 2. The summed E-state index contributed by atoms with van der Waals surface area (Å²) in [5, 5.41) is 8.97. The Labute approximate surface area is 237 Å². The minimum absolute atomic E-state index is 0.0831. The number of carbonyl (C=O) groups excluding carboxylic acids is 2. The van der Waals surface area contributed by atoms with Crippen LogP contribution >= 0.6 is 0 Å². The Morgan fingerprint density at radius 1 is 1.02 bits per heavy atom. The van der Waals surface area contributed by atoms with Crippen LogP contribution in [0.2, 0.25) is 0 Å². The van der Waals surface area contributed by atoms with E-state index in [0.717, 1.165) is 17.3 Å². The summed E-state index contributed by atoms with van der Waals surface area (Å²) in [4.78, 5) is 34.7. The maximum Gasteiger partial charge on any atom is 0.401 e. The third-order valence-electron chi connectivity index (χ3n) is 7.06. The number of halogens is 4. The molecule has 2 amide bonds. The molecule has 2 N–H and O–H groups in total. The van der Waals surface area contributed by atoms with Gasteiger partial charge in [0.25, 0.3) is 5.91 Å². The van der Waals surface area contributed by atoms with Crippen LogP contribution in [-0.4, -0.2) is 52.1 Å². The molecule has 1 aliphatic rings. The van der Waals surface area contributed by atoms with E-state index in [4.69, 9.17) is 4.52 Å². The molecule has 1 fully saturated rings. The Morgan fingerprint density at radius 3 is 2.33 bits per heavy atom. The van der Waals surface area contributed by atoms with Gasteiger partial charge in [0.2, 0.25) is 11.9 Å². The van der Waals surface area contributed by atoms with Gasteiger partial charge in [-0.3, -0.25) is 9.59 Å². The van der Waals surface area contributed by atoms with E-state index in [1.807, 2.05) is 6.92 Å². The summed E-state index contributed by atoms with van der Waals surface area (Å²) in [5.41, 5.74) is 1.15. The number of nitrogens with zero attached hydrogens (tertiary/aromatic N) is 4. The molecule has 9 nitrogen and oxygen atoms in total. The maximum absolute atomic E-state index is 14.9. The minimum atomic E-state index is -4.47. The van der Waals surface area contributed by atoms with Crippen molar-refractivity contribution in [2.75, 3.05) is 24.7 Å². The highest BCUT2D eigenvalue weighted by atomic mass is 19.4. The Kier molecular flexibility index (Phi) is 7.43. The van der Waals surface area contributed by atoms with Crippen LogP contribution in [0, 0.1) is 12.7 Å². The summed E-state index contributed by atoms with van der Waals surface area (Å²) < 4.78 is 59.5. The largest absolute Gasteiger partial charge is 0.401 e. The molecule has 2 aromatic heterocycles. The standard InChI is InChI=1S/C29H26F4N6O3/c1-16-10-19(26(41)39(2)3)6-7-22(16)36-27-34-14-20(15-35-27)17-4-5-18(21(30)11-17)12-25(40)37-24-13-23(42-38-24)28(8-9-28)29(31,32)33/h4-7,10-11,13-15H,8-9,12H2,1-3H3,(H,34,35,36)(H,37,38,40). The zero-order valence-corrected chi connectivity index (χ0v) is 22.8. The molecule has 0 spiro atoms. The number of benzene rings is 2. The maximum atomic E-state index is 14.9. The molecule has 42 heavy (non-hydrogen) atoms. The van der Waals surface area contributed by atoms with Crippen molar-refractivity contribution in [2.45, 2.75) is 37.8 Å². The monoisotopic (exact) mass is 582 g/mol. The van der Waals surface area contributed by atoms with Gasteiger partial charge in [0, 0.05) is 49.4 Å². The molecule has 0 atom stereocenters. The SMILES string of the molecule is Cc1cc(C(=O)N(C)C)ccc1Nc1ncc(-c2ccc(CC(=O)Nc3cc(C4(C(F)(F)F)CC4)on3)c(F)c2)cn1. The van der Waals surface area contributed by atoms with Gasteiger partial charge in [-0.05, 0) is 60.7 Å². The van der Waals surface area contributed by atoms with E-state index in [0.29, 0.717) is 22.6 Å². The van der Waals surface area contributed by atoms with Crippen molar-refractivity contribution in [1.82, 2.24) is 20.0 Å². The topological polar surface area (TPSA) is 113 Å². The Bertz CT molecular complexity index is 1650. The van der Waals surface area contributed by atoms with E-state index >= 15 is 0 Å². The lowest BCUT2D eigenvalue weighted by molar-refractivity contribution is -0.165. The summed E-state index contributed by atoms with van der Waals surface area (Å²) >= 11 is 0. The van der Waals surface area contributed by atoms with Crippen molar-refractivity contribution in [2.24, 2.45) is 0 Å². The summed E-state index contributed by atoms with van der Waals surface area (Å²) in [6.07, 6.45) is -2.00. The summed E-state index contributed by atoms with van der Waals surface area (Å²) in [5.74, 6) is -1.63. The summed E-state index contributed by atoms with van der Waals surface area (Å²) in [7, 11) is 3.36. The first-order chi connectivity index (χ1) is 19.9. The lowest BCUT2D eigenvalue weighted by Gasteiger charge is -2.14. The van der Waals surface area contributed by atoms with E-state index in [1.165, 1.54) is 29.4 Å². The molecule has 0 bridgehead atoms. The predicted molar refractivity (Wildman–Crippen MR) is 146 cm³/mol. The highest BCUT2D eigenvalue weighted by Crippen LogP contribution is 2.59. The lowest BCUT2D eigenvalue weighted by Crippen LogP contribution is -2.28. The van der Waals surface area contributed by atoms with Crippen molar-refractivity contribution in [1.29, 1.82) is 0 Å². The molecule has 0 aliphatic heterocycles. The van der Waals surface area contributed by atoms with Crippen molar-refractivity contribution in [3.8, 4) is 11.1 Å². The number of aromatic nitrogens is 3. The zero-order valence-electron chi connectivity index (χ0n) is 22.8. The number of anilines is 3. The van der Waals surface area contributed by atoms with Crippen LogP contribution in [0.15, 0.2) is 59.4 Å². The molecule has 1 aliphatic carbocycles. The number of carbonyl (C=O) groups is 2. The number of aryl methyl sites for hydroxylation is 1. The minimum Gasteiger partial charge on any atom is -0.358 e. The van der Waals surface area contributed by atoms with Crippen molar-refractivity contribution in [3.05, 3.63) is 83.1 Å². The van der Waals surface area contributed by atoms with Crippen molar-refractivity contribution >= 4 is 29.3 Å². The number of hydrogen-bond acceptors (Lipinski definition) is 7. The Balaban J connectivity index is 1.21. The first-order valence-corrected chi connectivity index (χ1v) is 12.9. The number of hydrogen-bond donors (Lipinski definition) is 2. The van der Waals surface area contributed by atoms with Gasteiger partial charge in [-0.1, -0.05) is 17.3 Å². The molecular weight excluding hydrogens is 556 g/mol. The second kappa shape index (κ2) is 10.9. The Hall–Kier alpha value is -4.81. The molecule has 1 saturated carbocycles. The van der Waals surface area contributed by atoms with E-state index < -0.39 is 23.3 Å². The predicted octanol–water partition coefficient (Wildman–Crippen LogP) is 5.80. The molecule has 13 heteroatoms. The van der Waals surface area contributed by atoms with Crippen molar-refractivity contribution in [3.63, 3.8) is 0 Å². The molecule has 2 heterocycles. The fourth-order valence-corrected chi connectivity index (χ4v) is 4.44. The number of nitrogens with one attached hydrogen (secondary N) is 2. The number of rotatable bonds is 8. The van der Waals surface area contributed by atoms with E-state index in [2.05, 4.69) is 25.8 Å². The second-order valence-electron chi connectivity index (χ2n) is 10.3. The van der Waals surface area contributed by atoms with Gasteiger partial charge < -0.3 is 20.1 Å². The van der Waals surface area contributed by atoms with Gasteiger partial charge in [-0.15, -0.1) is 0 Å². The van der Waals surface area contributed by atoms with Crippen LogP contribution < -0.4 is 10.6 Å². The summed E-state index contributed by atoms with van der Waals surface area (Å²) in [6.45, 7) is 1.85. The lowest BCUT2D eigenvalue weighted by atomic mass is 10.0. The fraction of sp³-hybridized carbons (Fsp3) is 0.276. The molecule has 0 saturated heterocycles. The Morgan fingerprint density at radius 2 is 1.74 bits per heavy atom. The fourth-order valence-electron chi connectivity index (χ4n) is 4.44. The van der Waals surface area contributed by atoms with Crippen molar-refractivity contribution < 1.29 is 31.7 Å². The first-order valence-electron chi connectivity index (χ1n) is 12.9. The van der Waals surface area contributed by atoms with E-state index in [1.54, 1.807) is 38.4 Å². The van der Waals surface area contributed by atoms with Gasteiger partial charge in [0.15, 0.2) is 11.6 Å². The zero-order chi connectivity index (χ0) is 30.2. The summed E-state index contributed by atoms with van der Waals surface area (Å²) in [6, 6.07) is 10.6. The van der Waals surface area contributed by atoms with Gasteiger partial charge in [-0.2, -0.15) is 13.2 Å². The second-order valence-corrected chi connectivity index (χ2v) is 10.3. The molecule has 2 aromatic carbocycles. The normalized spacial score (nSPS) is 13.9. The first kappa shape index (κ1) is 28.7. The number of alkyl halides is 3. The van der Waals surface area contributed by atoms with E-state index in [-0.39, 0.29) is 42.3 Å².